The van der Waals surface area contributed by atoms with Crippen LogP contribution >= 0.6 is 0 Å². The molecule has 5 nitrogen and oxygen atoms in total. The summed E-state index contributed by atoms with van der Waals surface area (Å²) in [5, 5.41) is 4.42. The number of benzene rings is 2. The average molecular weight is 366 g/mol. The van der Waals surface area contributed by atoms with Crippen LogP contribution in [-0.4, -0.2) is 25.0 Å². The van der Waals surface area contributed by atoms with Gasteiger partial charge in [-0.1, -0.05) is 29.8 Å². The van der Waals surface area contributed by atoms with Crippen LogP contribution in [0.3, 0.4) is 0 Å². The van der Waals surface area contributed by atoms with Crippen molar-refractivity contribution in [3.05, 3.63) is 59.7 Å². The van der Waals surface area contributed by atoms with Crippen molar-refractivity contribution in [2.75, 3.05) is 18.5 Å². The highest BCUT2D eigenvalue weighted by Crippen LogP contribution is 2.34. The number of anilines is 1. The second kappa shape index (κ2) is 8.37. The van der Waals surface area contributed by atoms with Crippen LogP contribution in [0.4, 0.5) is 18.9 Å². The maximum atomic E-state index is 12.9. The lowest BCUT2D eigenvalue weighted by atomic mass is 10.1. The number of rotatable bonds is 6. The van der Waals surface area contributed by atoms with Crippen molar-refractivity contribution < 1.29 is 27.5 Å². The fraction of sp³-hybridized carbons (Fsp3) is 0.222. The van der Waals surface area contributed by atoms with E-state index in [2.05, 4.69) is 10.6 Å². The van der Waals surface area contributed by atoms with E-state index in [4.69, 9.17) is 4.74 Å². The highest BCUT2D eigenvalue weighted by atomic mass is 19.4. The van der Waals surface area contributed by atoms with Crippen molar-refractivity contribution in [2.24, 2.45) is 0 Å². The van der Waals surface area contributed by atoms with Gasteiger partial charge in [0.1, 0.15) is 5.75 Å². The van der Waals surface area contributed by atoms with E-state index >= 15 is 0 Å². The largest absolute Gasteiger partial charge is 0.484 e. The van der Waals surface area contributed by atoms with Crippen LogP contribution in [0.15, 0.2) is 48.5 Å². The minimum absolute atomic E-state index is 0.310. The van der Waals surface area contributed by atoms with Gasteiger partial charge < -0.3 is 15.4 Å². The standard InChI is InChI=1S/C18H17F3N2O3/c1-12-6-8-13(9-7-12)26-11-17(25)22-10-16(24)23-15-5-3-2-4-14(15)18(19,20)21/h2-9H,10-11H2,1H3,(H,22,25)(H,23,24). The Kier molecular flexibility index (Phi) is 6.21. The second-order valence-corrected chi connectivity index (χ2v) is 5.47. The number of hydrogen-bond acceptors (Lipinski definition) is 3. The molecule has 0 aromatic heterocycles. The Morgan fingerprint density at radius 1 is 1.00 bits per heavy atom. The Balaban J connectivity index is 1.82. The Morgan fingerprint density at radius 2 is 1.65 bits per heavy atom. The molecule has 2 rings (SSSR count). The molecular weight excluding hydrogens is 349 g/mol. The van der Waals surface area contributed by atoms with Crippen LogP contribution in [0, 0.1) is 6.92 Å². The zero-order valence-electron chi connectivity index (χ0n) is 13.9. The predicted octanol–water partition coefficient (Wildman–Crippen LogP) is 3.15. The molecule has 2 amide bonds. The predicted molar refractivity (Wildman–Crippen MR) is 89.8 cm³/mol. The van der Waals surface area contributed by atoms with Crippen molar-refractivity contribution in [3.63, 3.8) is 0 Å². The highest BCUT2D eigenvalue weighted by Gasteiger charge is 2.33. The van der Waals surface area contributed by atoms with E-state index in [-0.39, 0.29) is 12.3 Å². The summed E-state index contributed by atoms with van der Waals surface area (Å²) < 4.78 is 43.8. The third-order valence-corrected chi connectivity index (χ3v) is 3.34. The quantitative estimate of drug-likeness (QED) is 0.825. The van der Waals surface area contributed by atoms with Gasteiger partial charge in [0, 0.05) is 0 Å². The van der Waals surface area contributed by atoms with Crippen molar-refractivity contribution >= 4 is 17.5 Å². The van der Waals surface area contributed by atoms with Gasteiger partial charge >= 0.3 is 6.18 Å². The van der Waals surface area contributed by atoms with Crippen molar-refractivity contribution in [1.29, 1.82) is 0 Å². The number of para-hydroxylation sites is 1. The van der Waals surface area contributed by atoms with Gasteiger partial charge in [-0.05, 0) is 31.2 Å². The Hall–Kier alpha value is -3.03. The van der Waals surface area contributed by atoms with Gasteiger partial charge in [-0.25, -0.2) is 0 Å². The highest BCUT2D eigenvalue weighted by molar-refractivity contribution is 5.95. The second-order valence-electron chi connectivity index (χ2n) is 5.47. The monoisotopic (exact) mass is 366 g/mol. The number of hydrogen-bond donors (Lipinski definition) is 2. The van der Waals surface area contributed by atoms with Gasteiger partial charge in [-0.2, -0.15) is 13.2 Å². The molecule has 0 bridgehead atoms. The number of aryl methyl sites for hydroxylation is 1. The van der Waals surface area contributed by atoms with Crippen LogP contribution in [-0.2, 0) is 15.8 Å². The third kappa shape index (κ3) is 5.80. The summed E-state index contributed by atoms with van der Waals surface area (Å²) in [7, 11) is 0. The summed E-state index contributed by atoms with van der Waals surface area (Å²) in [6, 6.07) is 11.6. The molecule has 138 valence electrons. The summed E-state index contributed by atoms with van der Waals surface area (Å²) in [4.78, 5) is 23.4. The lowest BCUT2D eigenvalue weighted by Crippen LogP contribution is -2.36. The molecule has 2 aromatic carbocycles. The van der Waals surface area contributed by atoms with Crippen LogP contribution < -0.4 is 15.4 Å². The van der Waals surface area contributed by atoms with Crippen LogP contribution in [0.25, 0.3) is 0 Å². The van der Waals surface area contributed by atoms with Crippen molar-refractivity contribution in [2.45, 2.75) is 13.1 Å². The molecule has 0 saturated carbocycles. The normalized spacial score (nSPS) is 10.9. The smallest absolute Gasteiger partial charge is 0.418 e. The van der Waals surface area contributed by atoms with E-state index in [0.29, 0.717) is 5.75 Å². The van der Waals surface area contributed by atoms with Gasteiger partial charge in [-0.15, -0.1) is 0 Å². The van der Waals surface area contributed by atoms with Crippen LogP contribution in [0.5, 0.6) is 5.75 Å². The van der Waals surface area contributed by atoms with E-state index in [1.165, 1.54) is 12.1 Å². The minimum atomic E-state index is -4.59. The zero-order chi connectivity index (χ0) is 19.2. The van der Waals surface area contributed by atoms with Crippen molar-refractivity contribution in [1.82, 2.24) is 5.32 Å². The first-order valence-corrected chi connectivity index (χ1v) is 7.68. The molecule has 0 heterocycles. The molecule has 0 unspecified atom stereocenters. The summed E-state index contributed by atoms with van der Waals surface area (Å²) in [5.74, 6) is -0.843. The summed E-state index contributed by atoms with van der Waals surface area (Å²) in [5.41, 5.74) is -0.282. The van der Waals surface area contributed by atoms with Crippen LogP contribution in [0.1, 0.15) is 11.1 Å². The van der Waals surface area contributed by atoms with Gasteiger partial charge in [0.05, 0.1) is 17.8 Å². The van der Waals surface area contributed by atoms with Crippen molar-refractivity contribution in [3.8, 4) is 5.75 Å². The zero-order valence-corrected chi connectivity index (χ0v) is 13.9. The Bertz CT molecular complexity index is 774. The molecule has 2 aromatic rings. The summed E-state index contributed by atoms with van der Waals surface area (Å²) in [6.45, 7) is 1.13. The first kappa shape index (κ1) is 19.3. The SMILES string of the molecule is Cc1ccc(OCC(=O)NCC(=O)Nc2ccccc2C(F)(F)F)cc1. The average Bonchev–Trinajstić information content (AvgIpc) is 2.59. The number of carbonyl (C=O) groups is 2. The molecule has 0 aliphatic rings. The number of halogens is 3. The van der Waals surface area contributed by atoms with E-state index in [0.717, 1.165) is 17.7 Å². The van der Waals surface area contributed by atoms with Crippen LogP contribution in [0.2, 0.25) is 0 Å². The third-order valence-electron chi connectivity index (χ3n) is 3.34. The van der Waals surface area contributed by atoms with Gasteiger partial charge in [-0.3, -0.25) is 9.59 Å². The number of alkyl halides is 3. The molecule has 0 spiro atoms. The summed E-state index contributed by atoms with van der Waals surface area (Å²) >= 11 is 0. The molecule has 0 aliphatic carbocycles. The maximum absolute atomic E-state index is 12.9. The molecule has 0 radical (unpaired) electrons. The van der Waals surface area contributed by atoms with Gasteiger partial charge in [0.2, 0.25) is 5.91 Å². The topological polar surface area (TPSA) is 67.4 Å². The van der Waals surface area contributed by atoms with Gasteiger partial charge in [0.25, 0.3) is 5.91 Å². The molecule has 2 N–H and O–H groups in total. The minimum Gasteiger partial charge on any atom is -0.484 e. The first-order valence-electron chi connectivity index (χ1n) is 7.68. The Morgan fingerprint density at radius 3 is 2.31 bits per heavy atom. The number of carbonyl (C=O) groups excluding carboxylic acids is 2. The fourth-order valence-corrected chi connectivity index (χ4v) is 2.05. The van der Waals surface area contributed by atoms with E-state index in [9.17, 15) is 22.8 Å². The lowest BCUT2D eigenvalue weighted by Gasteiger charge is -2.13. The molecule has 0 aliphatic heterocycles. The van der Waals surface area contributed by atoms with E-state index in [1.54, 1.807) is 12.1 Å². The fourth-order valence-electron chi connectivity index (χ4n) is 2.05. The first-order chi connectivity index (χ1) is 12.3. The Labute approximate surface area is 148 Å². The molecule has 0 atom stereocenters. The maximum Gasteiger partial charge on any atom is 0.418 e. The number of amides is 2. The molecule has 0 saturated heterocycles. The van der Waals surface area contributed by atoms with E-state index < -0.39 is 30.1 Å². The molecule has 26 heavy (non-hydrogen) atoms. The number of nitrogens with one attached hydrogen (secondary N) is 2. The summed E-state index contributed by atoms with van der Waals surface area (Å²) in [6.07, 6.45) is -4.59. The molecule has 8 heteroatoms. The molecule has 0 fully saturated rings. The van der Waals surface area contributed by atoms with Gasteiger partial charge in [0.15, 0.2) is 6.61 Å². The number of ether oxygens (including phenoxy) is 1. The van der Waals surface area contributed by atoms with E-state index in [1.807, 2.05) is 19.1 Å². The molecular formula is C18H17F3N2O3. The lowest BCUT2D eigenvalue weighted by molar-refractivity contribution is -0.137.